The Morgan fingerprint density at radius 3 is 2.29 bits per heavy atom. The Morgan fingerprint density at radius 2 is 1.71 bits per heavy atom. The van der Waals surface area contributed by atoms with E-state index in [0.29, 0.717) is 12.1 Å². The van der Waals surface area contributed by atoms with Gasteiger partial charge in [0.1, 0.15) is 11.4 Å². The van der Waals surface area contributed by atoms with E-state index in [-0.39, 0.29) is 22.7 Å². The molecule has 1 amide bonds. The van der Waals surface area contributed by atoms with Crippen LogP contribution in [0.25, 0.3) is 0 Å². The third-order valence-electron chi connectivity index (χ3n) is 2.86. The van der Waals surface area contributed by atoms with Gasteiger partial charge in [0.2, 0.25) is 0 Å². The van der Waals surface area contributed by atoms with Crippen molar-refractivity contribution in [2.24, 2.45) is 5.18 Å². The second-order valence-corrected chi connectivity index (χ2v) is 4.40. The number of methoxy groups -OCH3 is 1. The molecule has 124 valence electrons. The molecular weight excluding hydrogens is 326 g/mol. The Hall–Kier alpha value is -3.36. The standard InChI is InChI=1S/C15H10F2N2O5/c1-23-14(20)10-6-11(16)12(17)7-13(10)18-15(21)24-9-4-2-8(19-22)3-5-9/h2-7H,1H3,(H,18,21). The number of rotatable bonds is 4. The highest BCUT2D eigenvalue weighted by Crippen LogP contribution is 2.22. The summed E-state index contributed by atoms with van der Waals surface area (Å²) in [6.07, 6.45) is -1.06. The van der Waals surface area contributed by atoms with Gasteiger partial charge in [-0.25, -0.2) is 18.4 Å². The number of halogens is 2. The van der Waals surface area contributed by atoms with Crippen molar-refractivity contribution in [3.05, 3.63) is 58.5 Å². The fraction of sp³-hybridized carbons (Fsp3) is 0.0667. The predicted molar refractivity (Wildman–Crippen MR) is 79.2 cm³/mol. The molecular formula is C15H10F2N2O5. The summed E-state index contributed by atoms with van der Waals surface area (Å²) in [5.41, 5.74) is -0.567. The molecule has 2 aromatic rings. The van der Waals surface area contributed by atoms with Crippen LogP contribution in [0.4, 0.5) is 25.0 Å². The molecule has 0 aliphatic rings. The van der Waals surface area contributed by atoms with Crippen LogP contribution in [0.5, 0.6) is 5.75 Å². The van der Waals surface area contributed by atoms with Gasteiger partial charge in [-0.1, -0.05) is 0 Å². The molecule has 0 spiro atoms. The molecule has 0 heterocycles. The van der Waals surface area contributed by atoms with Crippen LogP contribution in [-0.4, -0.2) is 19.2 Å². The smallest absolute Gasteiger partial charge is 0.417 e. The number of nitrogens with one attached hydrogen (secondary N) is 1. The number of benzene rings is 2. The number of esters is 1. The molecule has 7 nitrogen and oxygen atoms in total. The molecule has 0 radical (unpaired) electrons. The van der Waals surface area contributed by atoms with E-state index >= 15 is 0 Å². The second-order valence-electron chi connectivity index (χ2n) is 4.40. The van der Waals surface area contributed by atoms with Gasteiger partial charge in [0.25, 0.3) is 0 Å². The van der Waals surface area contributed by atoms with Crippen molar-refractivity contribution in [3.63, 3.8) is 0 Å². The largest absolute Gasteiger partial charge is 0.465 e. The van der Waals surface area contributed by atoms with Crippen LogP contribution < -0.4 is 10.1 Å². The first-order valence-electron chi connectivity index (χ1n) is 6.44. The molecule has 0 aromatic heterocycles. The predicted octanol–water partition coefficient (Wildman–Crippen LogP) is 3.76. The van der Waals surface area contributed by atoms with Gasteiger partial charge >= 0.3 is 12.1 Å². The van der Waals surface area contributed by atoms with E-state index in [1.807, 2.05) is 0 Å². The van der Waals surface area contributed by atoms with Crippen LogP contribution in [0.15, 0.2) is 41.6 Å². The number of amides is 1. The van der Waals surface area contributed by atoms with Gasteiger partial charge in [-0.3, -0.25) is 5.32 Å². The minimum Gasteiger partial charge on any atom is -0.465 e. The average molecular weight is 336 g/mol. The third kappa shape index (κ3) is 3.88. The molecule has 2 rings (SSSR count). The SMILES string of the molecule is COC(=O)c1cc(F)c(F)cc1NC(=O)Oc1ccc(N=O)cc1. The van der Waals surface area contributed by atoms with E-state index in [1.165, 1.54) is 24.3 Å². The molecule has 9 heteroatoms. The third-order valence-corrected chi connectivity index (χ3v) is 2.86. The summed E-state index contributed by atoms with van der Waals surface area (Å²) >= 11 is 0. The number of nitroso groups, excluding NO2 is 1. The lowest BCUT2D eigenvalue weighted by atomic mass is 10.1. The highest BCUT2D eigenvalue weighted by molar-refractivity contribution is 6.00. The summed E-state index contributed by atoms with van der Waals surface area (Å²) in [6.45, 7) is 0. The summed E-state index contributed by atoms with van der Waals surface area (Å²) in [7, 11) is 1.05. The van der Waals surface area contributed by atoms with E-state index in [4.69, 9.17) is 4.74 Å². The van der Waals surface area contributed by atoms with Gasteiger partial charge in [-0.15, -0.1) is 4.91 Å². The first-order chi connectivity index (χ1) is 11.4. The van der Waals surface area contributed by atoms with Gasteiger partial charge in [0.05, 0.1) is 18.4 Å². The maximum atomic E-state index is 13.3. The topological polar surface area (TPSA) is 94.1 Å². The van der Waals surface area contributed by atoms with Crippen LogP contribution in [0.3, 0.4) is 0 Å². The Balaban J connectivity index is 2.19. The Kier molecular flexibility index (Phi) is 5.15. The minimum absolute atomic E-state index is 0.0714. The van der Waals surface area contributed by atoms with E-state index in [2.05, 4.69) is 15.2 Å². The lowest BCUT2D eigenvalue weighted by molar-refractivity contribution is 0.0601. The lowest BCUT2D eigenvalue weighted by Gasteiger charge is -2.11. The highest BCUT2D eigenvalue weighted by atomic mass is 19.2. The van der Waals surface area contributed by atoms with Crippen molar-refractivity contribution < 1.29 is 27.8 Å². The van der Waals surface area contributed by atoms with Crippen LogP contribution in [0.1, 0.15) is 10.4 Å². The lowest BCUT2D eigenvalue weighted by Crippen LogP contribution is -2.19. The fourth-order valence-corrected chi connectivity index (χ4v) is 1.75. The van der Waals surface area contributed by atoms with Crippen molar-refractivity contribution >= 4 is 23.4 Å². The zero-order chi connectivity index (χ0) is 17.7. The van der Waals surface area contributed by atoms with Gasteiger partial charge in [-0.2, -0.15) is 0 Å². The van der Waals surface area contributed by atoms with Crippen molar-refractivity contribution in [3.8, 4) is 5.75 Å². The first kappa shape index (κ1) is 17.0. The fourth-order valence-electron chi connectivity index (χ4n) is 1.75. The number of carbonyl (C=O) groups is 2. The molecule has 0 atom stereocenters. The van der Waals surface area contributed by atoms with Crippen molar-refractivity contribution in [1.29, 1.82) is 0 Å². The highest BCUT2D eigenvalue weighted by Gasteiger charge is 2.19. The second kappa shape index (κ2) is 7.27. The molecule has 0 aliphatic heterocycles. The summed E-state index contributed by atoms with van der Waals surface area (Å²) in [5.74, 6) is -3.43. The minimum atomic E-state index is -1.27. The summed E-state index contributed by atoms with van der Waals surface area (Å²) in [6, 6.07) is 6.47. The monoisotopic (exact) mass is 336 g/mol. The molecule has 0 unspecified atom stereocenters. The van der Waals surface area contributed by atoms with Crippen LogP contribution in [0, 0.1) is 16.5 Å². The van der Waals surface area contributed by atoms with Crippen molar-refractivity contribution in [2.75, 3.05) is 12.4 Å². The number of nitrogens with zero attached hydrogens (tertiary/aromatic N) is 1. The maximum Gasteiger partial charge on any atom is 0.417 e. The Bertz CT molecular complexity index is 793. The zero-order valence-corrected chi connectivity index (χ0v) is 12.2. The molecule has 0 saturated carbocycles. The molecule has 2 aromatic carbocycles. The number of hydrogen-bond acceptors (Lipinski definition) is 6. The van der Waals surface area contributed by atoms with Gasteiger partial charge in [0.15, 0.2) is 11.6 Å². The summed E-state index contributed by atoms with van der Waals surface area (Å²) < 4.78 is 35.9. The van der Waals surface area contributed by atoms with Gasteiger partial charge < -0.3 is 9.47 Å². The average Bonchev–Trinajstić information content (AvgIpc) is 2.57. The summed E-state index contributed by atoms with van der Waals surface area (Å²) in [5, 5.41) is 4.80. The van der Waals surface area contributed by atoms with Gasteiger partial charge in [0, 0.05) is 6.07 Å². The molecule has 0 bridgehead atoms. The Labute approximate surface area is 134 Å². The molecule has 24 heavy (non-hydrogen) atoms. The van der Waals surface area contributed by atoms with E-state index in [1.54, 1.807) is 0 Å². The Morgan fingerprint density at radius 1 is 1.08 bits per heavy atom. The number of ether oxygens (including phenoxy) is 2. The zero-order valence-electron chi connectivity index (χ0n) is 12.2. The van der Waals surface area contributed by atoms with Crippen LogP contribution in [-0.2, 0) is 4.74 Å². The molecule has 1 N–H and O–H groups in total. The van der Waals surface area contributed by atoms with E-state index in [0.717, 1.165) is 7.11 Å². The first-order valence-corrected chi connectivity index (χ1v) is 6.44. The van der Waals surface area contributed by atoms with Crippen LogP contribution >= 0.6 is 0 Å². The molecule has 0 saturated heterocycles. The summed E-state index contributed by atoms with van der Waals surface area (Å²) in [4.78, 5) is 33.7. The molecule has 0 fully saturated rings. The van der Waals surface area contributed by atoms with Crippen LogP contribution in [0.2, 0.25) is 0 Å². The number of hydrogen-bond donors (Lipinski definition) is 1. The quantitative estimate of drug-likeness (QED) is 0.677. The van der Waals surface area contributed by atoms with Crippen molar-refractivity contribution in [2.45, 2.75) is 0 Å². The number of carbonyl (C=O) groups excluding carboxylic acids is 2. The van der Waals surface area contributed by atoms with Gasteiger partial charge in [-0.05, 0) is 35.5 Å². The maximum absolute atomic E-state index is 13.3. The molecule has 0 aliphatic carbocycles. The normalized spacial score (nSPS) is 9.96. The van der Waals surface area contributed by atoms with E-state index in [9.17, 15) is 23.3 Å². The number of anilines is 1. The van der Waals surface area contributed by atoms with E-state index < -0.39 is 23.7 Å². The van der Waals surface area contributed by atoms with Crippen molar-refractivity contribution in [1.82, 2.24) is 0 Å².